The van der Waals surface area contributed by atoms with Crippen molar-refractivity contribution in [3.8, 4) is 11.5 Å². The number of aromatic hydroxyl groups is 1. The number of phenols is 1. The number of rotatable bonds is 3. The molecule has 2 aromatic carbocycles. The molecule has 0 saturated heterocycles. The van der Waals surface area contributed by atoms with Crippen molar-refractivity contribution in [3.05, 3.63) is 57.8 Å². The van der Waals surface area contributed by atoms with Crippen molar-refractivity contribution in [2.24, 2.45) is 0 Å². The average molecular weight is 287 g/mol. The van der Waals surface area contributed by atoms with Crippen LogP contribution in [0.15, 0.2) is 36.4 Å². The molecule has 0 spiro atoms. The fourth-order valence-electron chi connectivity index (χ4n) is 1.47. The molecule has 0 saturated carbocycles. The van der Waals surface area contributed by atoms with Crippen LogP contribution in [-0.4, -0.2) is 5.11 Å². The smallest absolute Gasteiger partial charge is 0.157 e. The van der Waals surface area contributed by atoms with Crippen LogP contribution in [0, 0.1) is 5.82 Å². The van der Waals surface area contributed by atoms with E-state index in [4.69, 9.17) is 27.9 Å². The minimum atomic E-state index is -0.334. The monoisotopic (exact) mass is 286 g/mol. The zero-order valence-electron chi connectivity index (χ0n) is 9.16. The second-order valence-corrected chi connectivity index (χ2v) is 4.47. The quantitative estimate of drug-likeness (QED) is 0.905. The summed E-state index contributed by atoms with van der Waals surface area (Å²) in [5, 5.41) is 9.68. The minimum Gasteiger partial charge on any atom is -0.508 e. The van der Waals surface area contributed by atoms with E-state index in [2.05, 4.69) is 0 Å². The standard InChI is InChI=1S/C13H9Cl2FO2/c14-11-5-10(17)6-12(15)13(11)18-7-8-2-1-3-9(16)4-8/h1-6,17H,7H2. The second kappa shape index (κ2) is 5.46. The summed E-state index contributed by atoms with van der Waals surface area (Å²) in [5.41, 5.74) is 0.662. The van der Waals surface area contributed by atoms with E-state index in [1.54, 1.807) is 12.1 Å². The van der Waals surface area contributed by atoms with Crippen LogP contribution >= 0.6 is 23.2 Å². The molecule has 0 aliphatic rings. The summed E-state index contributed by atoms with van der Waals surface area (Å²) in [6, 6.07) is 8.69. The maximum Gasteiger partial charge on any atom is 0.157 e. The zero-order chi connectivity index (χ0) is 13.1. The molecular weight excluding hydrogens is 278 g/mol. The number of ether oxygens (including phenoxy) is 1. The maximum absolute atomic E-state index is 13.0. The highest BCUT2D eigenvalue weighted by atomic mass is 35.5. The van der Waals surface area contributed by atoms with Crippen LogP contribution in [0.5, 0.6) is 11.5 Å². The van der Waals surface area contributed by atoms with Crippen LogP contribution in [-0.2, 0) is 6.61 Å². The fourth-order valence-corrected chi connectivity index (χ4v) is 2.05. The van der Waals surface area contributed by atoms with Crippen molar-refractivity contribution < 1.29 is 14.2 Å². The Hall–Kier alpha value is -1.45. The molecule has 2 rings (SSSR count). The van der Waals surface area contributed by atoms with Crippen LogP contribution < -0.4 is 4.74 Å². The molecule has 0 heterocycles. The Morgan fingerprint density at radius 2 is 1.78 bits per heavy atom. The van der Waals surface area contributed by atoms with E-state index in [1.807, 2.05) is 0 Å². The van der Waals surface area contributed by atoms with Gasteiger partial charge in [-0.1, -0.05) is 35.3 Å². The summed E-state index contributed by atoms with van der Waals surface area (Å²) in [7, 11) is 0. The van der Waals surface area contributed by atoms with E-state index in [-0.39, 0.29) is 34.0 Å². The molecule has 0 fully saturated rings. The Labute approximate surface area is 114 Å². The molecule has 0 bridgehead atoms. The molecule has 2 nitrogen and oxygen atoms in total. The first-order valence-corrected chi connectivity index (χ1v) is 5.87. The van der Waals surface area contributed by atoms with Crippen molar-refractivity contribution in [2.45, 2.75) is 6.61 Å². The molecule has 18 heavy (non-hydrogen) atoms. The lowest BCUT2D eigenvalue weighted by Gasteiger charge is -2.10. The summed E-state index contributed by atoms with van der Waals surface area (Å²) < 4.78 is 18.4. The maximum atomic E-state index is 13.0. The van der Waals surface area contributed by atoms with E-state index in [1.165, 1.54) is 24.3 Å². The Bertz CT molecular complexity index is 550. The van der Waals surface area contributed by atoms with Gasteiger partial charge in [-0.15, -0.1) is 0 Å². The van der Waals surface area contributed by atoms with Crippen LogP contribution in [0.1, 0.15) is 5.56 Å². The molecule has 0 atom stereocenters. The number of halogens is 3. The highest BCUT2D eigenvalue weighted by Gasteiger charge is 2.09. The fraction of sp³-hybridized carbons (Fsp3) is 0.0769. The molecule has 0 aromatic heterocycles. The van der Waals surface area contributed by atoms with Crippen LogP contribution in [0.4, 0.5) is 4.39 Å². The molecule has 0 unspecified atom stereocenters. The Morgan fingerprint density at radius 3 is 2.39 bits per heavy atom. The SMILES string of the molecule is Oc1cc(Cl)c(OCc2cccc(F)c2)c(Cl)c1. The first kappa shape index (κ1) is 13.0. The van der Waals surface area contributed by atoms with E-state index in [0.717, 1.165) is 0 Å². The summed E-state index contributed by atoms with van der Waals surface area (Å²) >= 11 is 11.8. The Balaban J connectivity index is 2.16. The second-order valence-electron chi connectivity index (χ2n) is 3.66. The van der Waals surface area contributed by atoms with E-state index < -0.39 is 0 Å². The molecule has 0 aliphatic carbocycles. The van der Waals surface area contributed by atoms with Crippen molar-refractivity contribution in [1.29, 1.82) is 0 Å². The van der Waals surface area contributed by atoms with Gasteiger partial charge in [0, 0.05) is 12.1 Å². The van der Waals surface area contributed by atoms with E-state index in [9.17, 15) is 9.50 Å². The molecule has 2 aromatic rings. The molecule has 94 valence electrons. The summed E-state index contributed by atoms with van der Waals surface area (Å²) in [5.74, 6) is -0.109. The first-order valence-electron chi connectivity index (χ1n) is 5.11. The van der Waals surface area contributed by atoms with Gasteiger partial charge >= 0.3 is 0 Å². The molecule has 0 amide bonds. The summed E-state index contributed by atoms with van der Waals surface area (Å²) in [4.78, 5) is 0. The van der Waals surface area contributed by atoms with Crippen molar-refractivity contribution in [2.75, 3.05) is 0 Å². The van der Waals surface area contributed by atoms with E-state index in [0.29, 0.717) is 5.56 Å². The third-order valence-electron chi connectivity index (χ3n) is 2.26. The van der Waals surface area contributed by atoms with Crippen LogP contribution in [0.2, 0.25) is 10.0 Å². The number of benzene rings is 2. The molecule has 0 radical (unpaired) electrons. The lowest BCUT2D eigenvalue weighted by molar-refractivity contribution is 0.305. The van der Waals surface area contributed by atoms with Gasteiger partial charge in [0.1, 0.15) is 18.2 Å². The Morgan fingerprint density at radius 1 is 1.11 bits per heavy atom. The van der Waals surface area contributed by atoms with Gasteiger partial charge in [0.05, 0.1) is 10.0 Å². The predicted molar refractivity (Wildman–Crippen MR) is 68.9 cm³/mol. The van der Waals surface area contributed by atoms with Crippen molar-refractivity contribution in [1.82, 2.24) is 0 Å². The van der Waals surface area contributed by atoms with Gasteiger partial charge in [-0.2, -0.15) is 0 Å². The largest absolute Gasteiger partial charge is 0.508 e. The zero-order valence-corrected chi connectivity index (χ0v) is 10.7. The van der Waals surface area contributed by atoms with E-state index >= 15 is 0 Å². The van der Waals surface area contributed by atoms with Crippen LogP contribution in [0.25, 0.3) is 0 Å². The van der Waals surface area contributed by atoms with Gasteiger partial charge in [-0.05, 0) is 17.7 Å². The van der Waals surface area contributed by atoms with Crippen molar-refractivity contribution >= 4 is 23.2 Å². The van der Waals surface area contributed by atoms with Gasteiger partial charge in [0.25, 0.3) is 0 Å². The molecular formula is C13H9Cl2FO2. The Kier molecular flexibility index (Phi) is 3.94. The highest BCUT2D eigenvalue weighted by molar-refractivity contribution is 6.37. The molecule has 0 aliphatic heterocycles. The van der Waals surface area contributed by atoms with Gasteiger partial charge in [-0.3, -0.25) is 0 Å². The number of hydrogen-bond donors (Lipinski definition) is 1. The van der Waals surface area contributed by atoms with Gasteiger partial charge in [0.2, 0.25) is 0 Å². The lowest BCUT2D eigenvalue weighted by atomic mass is 10.2. The minimum absolute atomic E-state index is 0.0388. The number of hydrogen-bond acceptors (Lipinski definition) is 2. The normalized spacial score (nSPS) is 10.4. The predicted octanol–water partition coefficient (Wildman–Crippen LogP) is 4.42. The summed E-state index contributed by atoms with van der Waals surface area (Å²) in [6.45, 7) is 0.141. The molecule has 5 heteroatoms. The number of phenolic OH excluding ortho intramolecular Hbond substituents is 1. The third kappa shape index (κ3) is 3.06. The highest BCUT2D eigenvalue weighted by Crippen LogP contribution is 2.36. The van der Waals surface area contributed by atoms with Gasteiger partial charge in [-0.25, -0.2) is 4.39 Å². The van der Waals surface area contributed by atoms with Crippen molar-refractivity contribution in [3.63, 3.8) is 0 Å². The van der Waals surface area contributed by atoms with Gasteiger partial charge in [0.15, 0.2) is 5.75 Å². The molecule has 1 N–H and O–H groups in total. The lowest BCUT2D eigenvalue weighted by Crippen LogP contribution is -1.97. The third-order valence-corrected chi connectivity index (χ3v) is 2.82. The average Bonchev–Trinajstić information content (AvgIpc) is 2.27. The first-order chi connectivity index (χ1) is 8.56. The topological polar surface area (TPSA) is 29.5 Å². The van der Waals surface area contributed by atoms with Crippen LogP contribution in [0.3, 0.4) is 0 Å². The summed E-state index contributed by atoms with van der Waals surface area (Å²) in [6.07, 6.45) is 0. The van der Waals surface area contributed by atoms with Gasteiger partial charge < -0.3 is 9.84 Å².